The van der Waals surface area contributed by atoms with Crippen LogP contribution in [-0.4, -0.2) is 10.8 Å². The van der Waals surface area contributed by atoms with Gasteiger partial charge in [-0.25, -0.2) is 0 Å². The highest BCUT2D eigenvalue weighted by Gasteiger charge is 2.24. The van der Waals surface area contributed by atoms with E-state index in [2.05, 4.69) is 84.8 Å². The summed E-state index contributed by atoms with van der Waals surface area (Å²) < 4.78 is 10.7. The predicted molar refractivity (Wildman–Crippen MR) is 97.1 cm³/mol. The number of hydrogen-bond donors (Lipinski definition) is 0. The number of ether oxygens (including phenoxy) is 1. The van der Waals surface area contributed by atoms with Crippen molar-refractivity contribution in [2.24, 2.45) is 0 Å². The molecule has 1 aliphatic rings. The van der Waals surface area contributed by atoms with Gasteiger partial charge in [0.2, 0.25) is 6.54 Å². The van der Waals surface area contributed by atoms with Gasteiger partial charge in [-0.3, -0.25) is 0 Å². The number of benzene rings is 1. The number of hydrogen-bond acceptors (Lipinski definition) is 1. The second-order valence-electron chi connectivity index (χ2n) is 6.65. The zero-order chi connectivity index (χ0) is 16.9. The van der Waals surface area contributed by atoms with Crippen LogP contribution in [-0.2, 0) is 13.1 Å². The molecule has 1 aromatic heterocycles. The molecule has 0 amide bonds. The van der Waals surface area contributed by atoms with Crippen molar-refractivity contribution < 1.29 is 9.42 Å². The maximum absolute atomic E-state index is 6.08. The van der Waals surface area contributed by atoms with Crippen LogP contribution in [0.3, 0.4) is 0 Å². The van der Waals surface area contributed by atoms with Crippen molar-refractivity contribution in [2.75, 3.05) is 0 Å². The van der Waals surface area contributed by atoms with Gasteiger partial charge in [0.25, 0.3) is 0 Å². The Hall–Kier alpha value is -2.29. The molecular weight excluding hydrogens is 296 g/mol. The molecule has 0 unspecified atom stereocenters. The zero-order valence-electron chi connectivity index (χ0n) is 14.9. The summed E-state index contributed by atoms with van der Waals surface area (Å²) in [5, 5.41) is 0. The van der Waals surface area contributed by atoms with E-state index in [4.69, 9.17) is 4.74 Å². The van der Waals surface area contributed by atoms with Crippen LogP contribution in [0.5, 0.6) is 5.88 Å². The van der Waals surface area contributed by atoms with Crippen LogP contribution in [0.2, 0.25) is 0 Å². The normalized spacial score (nSPS) is 14.1. The van der Waals surface area contributed by atoms with E-state index in [1.54, 1.807) is 0 Å². The predicted octanol–water partition coefficient (Wildman–Crippen LogP) is 4.20. The summed E-state index contributed by atoms with van der Waals surface area (Å²) in [6.45, 7) is 8.00. The second kappa shape index (κ2) is 7.52. The molecule has 0 spiro atoms. The summed E-state index contributed by atoms with van der Waals surface area (Å²) in [7, 11) is 0. The molecule has 24 heavy (non-hydrogen) atoms. The smallest absolute Gasteiger partial charge is 0.394 e. The molecule has 0 aliphatic heterocycles. The fraction of sp³-hybridized carbons (Fsp3) is 0.381. The molecule has 3 rings (SSSR count). The van der Waals surface area contributed by atoms with Crippen molar-refractivity contribution in [1.29, 1.82) is 0 Å². The van der Waals surface area contributed by atoms with Crippen LogP contribution in [0.15, 0.2) is 60.2 Å². The highest BCUT2D eigenvalue weighted by molar-refractivity contribution is 5.21. The number of aryl methyl sites for hydroxylation is 1. The lowest BCUT2D eigenvalue weighted by Gasteiger charge is -2.10. The first kappa shape index (κ1) is 16.6. The topological polar surface area (TPSA) is 18.0 Å². The molecule has 0 radical (unpaired) electrons. The Labute approximate surface area is 144 Å². The molecular formula is C21H27N2O+. The van der Waals surface area contributed by atoms with Gasteiger partial charge in [-0.05, 0) is 39.2 Å². The highest BCUT2D eigenvalue weighted by Crippen LogP contribution is 2.16. The van der Waals surface area contributed by atoms with Crippen LogP contribution in [0.4, 0.5) is 0 Å². The monoisotopic (exact) mass is 323 g/mol. The van der Waals surface area contributed by atoms with Crippen LogP contribution in [0, 0.1) is 6.92 Å². The maximum Gasteiger partial charge on any atom is 0.394 e. The molecule has 0 N–H and O–H groups in total. The average Bonchev–Trinajstić information content (AvgIpc) is 2.84. The van der Waals surface area contributed by atoms with Gasteiger partial charge in [-0.15, -0.1) is 0 Å². The summed E-state index contributed by atoms with van der Waals surface area (Å²) in [4.78, 5) is 0. The molecule has 3 nitrogen and oxygen atoms in total. The van der Waals surface area contributed by atoms with E-state index >= 15 is 0 Å². The van der Waals surface area contributed by atoms with Crippen LogP contribution in [0.1, 0.15) is 37.9 Å². The lowest BCUT2D eigenvalue weighted by molar-refractivity contribution is -0.771. The van der Waals surface area contributed by atoms with Gasteiger partial charge in [0.15, 0.2) is 0 Å². The molecule has 1 aromatic carbocycles. The van der Waals surface area contributed by atoms with Crippen molar-refractivity contribution in [3.63, 3.8) is 0 Å². The van der Waals surface area contributed by atoms with Crippen LogP contribution >= 0.6 is 0 Å². The van der Waals surface area contributed by atoms with Gasteiger partial charge in [0.05, 0.1) is 17.9 Å². The van der Waals surface area contributed by atoms with Crippen molar-refractivity contribution >= 4 is 0 Å². The average molecular weight is 323 g/mol. The van der Waals surface area contributed by atoms with E-state index in [-0.39, 0.29) is 6.10 Å². The highest BCUT2D eigenvalue weighted by atomic mass is 16.5. The molecule has 3 heteroatoms. The molecule has 0 bridgehead atoms. The van der Waals surface area contributed by atoms with Gasteiger partial charge < -0.3 is 4.74 Å². The third kappa shape index (κ3) is 3.97. The van der Waals surface area contributed by atoms with Gasteiger partial charge >= 0.3 is 5.88 Å². The lowest BCUT2D eigenvalue weighted by atomic mass is 10.1. The fourth-order valence-corrected chi connectivity index (χ4v) is 3.06. The Morgan fingerprint density at radius 3 is 2.62 bits per heavy atom. The summed E-state index contributed by atoms with van der Waals surface area (Å²) in [6.07, 6.45) is 9.28. The minimum Gasteiger partial charge on any atom is -0.440 e. The number of rotatable bonds is 6. The van der Waals surface area contributed by atoms with Crippen LogP contribution < -0.4 is 9.42 Å². The molecule has 1 aliphatic carbocycles. The molecule has 2 aromatic rings. The first-order valence-corrected chi connectivity index (χ1v) is 8.80. The van der Waals surface area contributed by atoms with Crippen molar-refractivity contribution in [1.82, 2.24) is 4.68 Å². The summed E-state index contributed by atoms with van der Waals surface area (Å²) in [5.41, 5.74) is 3.87. The van der Waals surface area contributed by atoms with E-state index in [0.717, 1.165) is 31.8 Å². The number of aromatic nitrogens is 2. The van der Waals surface area contributed by atoms with E-state index in [1.165, 1.54) is 16.8 Å². The maximum atomic E-state index is 6.08. The Morgan fingerprint density at radius 1 is 1.17 bits per heavy atom. The van der Waals surface area contributed by atoms with Gasteiger partial charge in [-0.2, -0.15) is 4.68 Å². The molecule has 0 fully saturated rings. The van der Waals surface area contributed by atoms with Crippen molar-refractivity contribution in [2.45, 2.75) is 52.8 Å². The molecule has 0 saturated heterocycles. The van der Waals surface area contributed by atoms with E-state index < -0.39 is 0 Å². The summed E-state index contributed by atoms with van der Waals surface area (Å²) in [6, 6.07) is 12.7. The Bertz CT molecular complexity index is 739. The Balaban J connectivity index is 1.94. The second-order valence-corrected chi connectivity index (χ2v) is 6.65. The standard InChI is InChI=1S/C21H27N2O/c1-17(2)24-21-14-18(3)22(15-19-10-6-4-7-11-19)23(21)16-20-12-8-5-9-13-20/h4,6-8,10-14,17H,5,9,15-16H2,1-3H3/q+1. The zero-order valence-corrected chi connectivity index (χ0v) is 14.9. The van der Waals surface area contributed by atoms with Crippen molar-refractivity contribution in [3.8, 4) is 5.88 Å². The molecule has 126 valence electrons. The van der Waals surface area contributed by atoms with Crippen molar-refractivity contribution in [3.05, 3.63) is 71.5 Å². The third-order valence-corrected chi connectivity index (χ3v) is 4.22. The van der Waals surface area contributed by atoms with Gasteiger partial charge in [0, 0.05) is 5.57 Å². The Kier molecular flexibility index (Phi) is 5.19. The van der Waals surface area contributed by atoms with E-state index in [1.807, 2.05) is 0 Å². The van der Waals surface area contributed by atoms with E-state index in [9.17, 15) is 0 Å². The SMILES string of the molecule is Cc1cc(OC(C)C)[n+](CC2=CCCC=C2)n1Cc1ccccc1. The van der Waals surface area contributed by atoms with Crippen LogP contribution in [0.25, 0.3) is 0 Å². The quantitative estimate of drug-likeness (QED) is 0.729. The van der Waals surface area contributed by atoms with E-state index in [0.29, 0.717) is 0 Å². The minimum atomic E-state index is 0.166. The largest absolute Gasteiger partial charge is 0.440 e. The van der Waals surface area contributed by atoms with Gasteiger partial charge in [-0.1, -0.05) is 53.2 Å². The lowest BCUT2D eigenvalue weighted by Crippen LogP contribution is -2.46. The molecule has 0 atom stereocenters. The number of allylic oxidation sites excluding steroid dienone is 4. The van der Waals surface area contributed by atoms with Gasteiger partial charge in [0.1, 0.15) is 6.54 Å². The fourth-order valence-electron chi connectivity index (χ4n) is 3.06. The third-order valence-electron chi connectivity index (χ3n) is 4.22. The number of nitrogens with zero attached hydrogens (tertiary/aromatic N) is 2. The molecule has 0 saturated carbocycles. The molecule has 1 heterocycles. The summed E-state index contributed by atoms with van der Waals surface area (Å²) >= 11 is 0. The Morgan fingerprint density at radius 2 is 1.96 bits per heavy atom. The summed E-state index contributed by atoms with van der Waals surface area (Å²) in [5.74, 6) is 0.943. The minimum absolute atomic E-state index is 0.166. The first-order valence-electron chi connectivity index (χ1n) is 8.80. The first-order chi connectivity index (χ1) is 11.6.